The lowest BCUT2D eigenvalue weighted by Crippen LogP contribution is -2.05. The van der Waals surface area contributed by atoms with Crippen LogP contribution in [0, 0.1) is 6.92 Å². The summed E-state index contributed by atoms with van der Waals surface area (Å²) < 4.78 is 1.01. The Morgan fingerprint density at radius 1 is 1.15 bits per heavy atom. The van der Waals surface area contributed by atoms with Crippen LogP contribution in [0.2, 0.25) is 0 Å². The van der Waals surface area contributed by atoms with Crippen molar-refractivity contribution in [2.45, 2.75) is 13.5 Å². The molecule has 0 radical (unpaired) electrons. The average Bonchev–Trinajstić information content (AvgIpc) is 2.46. The lowest BCUT2D eigenvalue weighted by Gasteiger charge is -2.09. The van der Waals surface area contributed by atoms with Crippen LogP contribution in [0.3, 0.4) is 0 Å². The molecule has 2 heterocycles. The number of halogens is 1. The van der Waals surface area contributed by atoms with Crippen LogP contribution in [0.25, 0.3) is 10.9 Å². The fraction of sp³-hybridized carbons (Fsp3) is 0.133. The Kier molecular flexibility index (Phi) is 3.60. The molecule has 0 aliphatic carbocycles. The number of pyridine rings is 1. The molecule has 2 aromatic heterocycles. The summed E-state index contributed by atoms with van der Waals surface area (Å²) in [6, 6.07) is 9.96. The van der Waals surface area contributed by atoms with Crippen molar-refractivity contribution in [1.82, 2.24) is 15.0 Å². The van der Waals surface area contributed by atoms with Gasteiger partial charge >= 0.3 is 0 Å². The van der Waals surface area contributed by atoms with E-state index < -0.39 is 0 Å². The number of fused-ring (bicyclic) bond motifs is 1. The van der Waals surface area contributed by atoms with Crippen molar-refractivity contribution in [2.24, 2.45) is 0 Å². The van der Waals surface area contributed by atoms with Crippen molar-refractivity contribution in [3.8, 4) is 0 Å². The zero-order valence-corrected chi connectivity index (χ0v) is 12.6. The van der Waals surface area contributed by atoms with E-state index in [1.165, 1.54) is 5.56 Å². The molecule has 3 aromatic rings. The number of aromatic nitrogens is 3. The molecular weight excluding hydrogens is 316 g/mol. The highest BCUT2D eigenvalue weighted by molar-refractivity contribution is 9.10. The summed E-state index contributed by atoms with van der Waals surface area (Å²) in [5.41, 5.74) is 3.11. The van der Waals surface area contributed by atoms with Crippen LogP contribution in [0.5, 0.6) is 0 Å². The predicted molar refractivity (Wildman–Crippen MR) is 83.5 cm³/mol. The third kappa shape index (κ3) is 2.63. The first kappa shape index (κ1) is 13.0. The summed E-state index contributed by atoms with van der Waals surface area (Å²) >= 11 is 3.48. The van der Waals surface area contributed by atoms with Crippen LogP contribution in [0.15, 0.2) is 47.3 Å². The van der Waals surface area contributed by atoms with E-state index >= 15 is 0 Å². The molecule has 0 atom stereocenters. The number of benzene rings is 1. The molecule has 1 N–H and O–H groups in total. The van der Waals surface area contributed by atoms with Gasteiger partial charge in [-0.25, -0.2) is 9.97 Å². The fourth-order valence-corrected chi connectivity index (χ4v) is 2.40. The van der Waals surface area contributed by atoms with Gasteiger partial charge in [-0.1, -0.05) is 22.0 Å². The van der Waals surface area contributed by atoms with Gasteiger partial charge in [-0.3, -0.25) is 4.98 Å². The molecule has 0 unspecified atom stereocenters. The molecule has 20 heavy (non-hydrogen) atoms. The Bertz CT molecular complexity index is 758. The highest BCUT2D eigenvalue weighted by Gasteiger charge is 2.05. The van der Waals surface area contributed by atoms with Crippen molar-refractivity contribution < 1.29 is 0 Å². The van der Waals surface area contributed by atoms with Crippen LogP contribution in [0.4, 0.5) is 5.82 Å². The summed E-state index contributed by atoms with van der Waals surface area (Å²) in [5.74, 6) is 0.821. The number of anilines is 1. The lowest BCUT2D eigenvalue weighted by atomic mass is 10.2. The molecule has 0 amide bonds. The number of aryl methyl sites for hydroxylation is 1. The Morgan fingerprint density at radius 3 is 2.90 bits per heavy atom. The highest BCUT2D eigenvalue weighted by atomic mass is 79.9. The smallest absolute Gasteiger partial charge is 0.137 e. The molecule has 3 rings (SSSR count). The van der Waals surface area contributed by atoms with Gasteiger partial charge in [0.25, 0.3) is 0 Å². The molecule has 0 spiro atoms. The first-order valence-corrected chi connectivity index (χ1v) is 7.08. The molecule has 0 bridgehead atoms. The molecule has 0 fully saturated rings. The minimum atomic E-state index is 0.644. The van der Waals surface area contributed by atoms with Gasteiger partial charge < -0.3 is 5.32 Å². The van der Waals surface area contributed by atoms with Gasteiger partial charge in [0.15, 0.2) is 0 Å². The maximum Gasteiger partial charge on any atom is 0.137 e. The highest BCUT2D eigenvalue weighted by Crippen LogP contribution is 2.23. The minimum Gasteiger partial charge on any atom is -0.364 e. The van der Waals surface area contributed by atoms with E-state index in [9.17, 15) is 0 Å². The topological polar surface area (TPSA) is 50.7 Å². The quantitative estimate of drug-likeness (QED) is 0.796. The van der Waals surface area contributed by atoms with Crippen LogP contribution in [0.1, 0.15) is 11.3 Å². The molecule has 0 saturated carbocycles. The number of rotatable bonds is 3. The fourth-order valence-electron chi connectivity index (χ4n) is 2.04. The largest absolute Gasteiger partial charge is 0.364 e. The molecule has 0 aliphatic rings. The Morgan fingerprint density at radius 2 is 2.05 bits per heavy atom. The molecule has 5 heteroatoms. The summed E-state index contributed by atoms with van der Waals surface area (Å²) in [6.07, 6.45) is 3.38. The number of hydrogen-bond acceptors (Lipinski definition) is 4. The lowest BCUT2D eigenvalue weighted by molar-refractivity contribution is 1.01. The van der Waals surface area contributed by atoms with Crippen LogP contribution in [-0.4, -0.2) is 15.0 Å². The summed E-state index contributed by atoms with van der Waals surface area (Å²) in [5, 5.41) is 4.33. The van der Waals surface area contributed by atoms with Gasteiger partial charge in [0.05, 0.1) is 17.8 Å². The van der Waals surface area contributed by atoms with E-state index in [-0.39, 0.29) is 0 Å². The number of nitrogens with one attached hydrogen (secondary N) is 1. The average molecular weight is 329 g/mol. The number of nitrogens with zero attached hydrogens (tertiary/aromatic N) is 3. The van der Waals surface area contributed by atoms with Crippen molar-refractivity contribution in [2.75, 3.05) is 5.32 Å². The van der Waals surface area contributed by atoms with Crippen LogP contribution >= 0.6 is 15.9 Å². The zero-order chi connectivity index (χ0) is 13.9. The maximum atomic E-state index is 4.38. The zero-order valence-electron chi connectivity index (χ0n) is 11.0. The standard InChI is InChI=1S/C15H13BrN4/c1-10-3-2-6-17-14(10)8-18-15-12-7-11(16)4-5-13(12)19-9-20-15/h2-7,9H,8H2,1H3,(H,18,19,20). The molecule has 100 valence electrons. The normalized spacial score (nSPS) is 10.7. The van der Waals surface area contributed by atoms with E-state index in [4.69, 9.17) is 0 Å². The molecule has 0 saturated heterocycles. The molecule has 0 aliphatic heterocycles. The summed E-state index contributed by atoms with van der Waals surface area (Å²) in [7, 11) is 0. The third-order valence-corrected chi connectivity index (χ3v) is 3.63. The Hall–Kier alpha value is -2.01. The Balaban J connectivity index is 1.91. The molecular formula is C15H13BrN4. The maximum absolute atomic E-state index is 4.38. The molecule has 4 nitrogen and oxygen atoms in total. The minimum absolute atomic E-state index is 0.644. The van der Waals surface area contributed by atoms with Gasteiger partial charge in [0, 0.05) is 16.1 Å². The summed E-state index contributed by atoms with van der Waals surface area (Å²) in [4.78, 5) is 13.0. The van der Waals surface area contributed by atoms with Gasteiger partial charge in [-0.2, -0.15) is 0 Å². The second-order valence-electron chi connectivity index (χ2n) is 4.50. The third-order valence-electron chi connectivity index (χ3n) is 3.14. The van der Waals surface area contributed by atoms with Gasteiger partial charge in [-0.15, -0.1) is 0 Å². The number of hydrogen-bond donors (Lipinski definition) is 1. The van der Waals surface area contributed by atoms with E-state index in [0.717, 1.165) is 26.9 Å². The van der Waals surface area contributed by atoms with E-state index in [0.29, 0.717) is 6.54 Å². The van der Waals surface area contributed by atoms with E-state index in [1.54, 1.807) is 12.5 Å². The molecule has 1 aromatic carbocycles. The first-order chi connectivity index (χ1) is 9.74. The van der Waals surface area contributed by atoms with Crippen molar-refractivity contribution in [3.05, 3.63) is 58.6 Å². The second kappa shape index (κ2) is 5.54. The van der Waals surface area contributed by atoms with Crippen LogP contribution in [-0.2, 0) is 6.54 Å². The summed E-state index contributed by atoms with van der Waals surface area (Å²) in [6.45, 7) is 2.70. The Labute approximate surface area is 125 Å². The van der Waals surface area contributed by atoms with Crippen LogP contribution < -0.4 is 5.32 Å². The van der Waals surface area contributed by atoms with E-state index in [2.05, 4.69) is 49.2 Å². The van der Waals surface area contributed by atoms with Gasteiger partial charge in [-0.05, 0) is 36.8 Å². The van der Waals surface area contributed by atoms with Gasteiger partial charge in [0.2, 0.25) is 0 Å². The SMILES string of the molecule is Cc1cccnc1CNc1ncnc2ccc(Br)cc12. The van der Waals surface area contributed by atoms with Gasteiger partial charge in [0.1, 0.15) is 12.1 Å². The van der Waals surface area contributed by atoms with E-state index in [1.807, 2.05) is 24.3 Å². The second-order valence-corrected chi connectivity index (χ2v) is 5.42. The van der Waals surface area contributed by atoms with Crippen molar-refractivity contribution >= 4 is 32.7 Å². The first-order valence-electron chi connectivity index (χ1n) is 6.28. The van der Waals surface area contributed by atoms with Crippen molar-refractivity contribution in [1.29, 1.82) is 0 Å². The predicted octanol–water partition coefficient (Wildman–Crippen LogP) is 3.71. The van der Waals surface area contributed by atoms with Crippen molar-refractivity contribution in [3.63, 3.8) is 0 Å². The monoisotopic (exact) mass is 328 g/mol.